The molecule has 0 heterocycles. The van der Waals surface area contributed by atoms with E-state index in [-0.39, 0.29) is 0 Å². The number of carboxylic acids is 1. The van der Waals surface area contributed by atoms with Gasteiger partial charge in [0.15, 0.2) is 0 Å². The monoisotopic (exact) mass is 406 g/mol. The highest BCUT2D eigenvalue weighted by Gasteiger charge is 2.28. The molecule has 0 aliphatic carbocycles. The Morgan fingerprint density at radius 3 is 2.43 bits per heavy atom. The Morgan fingerprint density at radius 1 is 1.35 bits per heavy atom. The summed E-state index contributed by atoms with van der Waals surface area (Å²) in [5, 5.41) is 15.3. The molecule has 6 nitrogen and oxygen atoms in total. The van der Waals surface area contributed by atoms with Gasteiger partial charge < -0.3 is 20.5 Å². The van der Waals surface area contributed by atoms with Gasteiger partial charge >= 0.3 is 12.1 Å². The van der Waals surface area contributed by atoms with Gasteiger partial charge in [0.2, 0.25) is 0 Å². The minimum Gasteiger partial charge on any atom is -0.480 e. The first-order valence-electron chi connectivity index (χ1n) is 6.93. The first kappa shape index (κ1) is 19.6. The van der Waals surface area contributed by atoms with Gasteiger partial charge in [-0.25, -0.2) is 9.59 Å². The molecule has 0 radical (unpaired) electrons. The van der Waals surface area contributed by atoms with Crippen LogP contribution in [0.5, 0.6) is 0 Å². The van der Waals surface area contributed by atoms with Crippen molar-refractivity contribution in [2.75, 3.05) is 5.32 Å². The lowest BCUT2D eigenvalue weighted by atomic mass is 10.1. The fourth-order valence-electron chi connectivity index (χ4n) is 1.74. The molecule has 23 heavy (non-hydrogen) atoms. The number of amides is 1. The van der Waals surface area contributed by atoms with E-state index < -0.39 is 29.7 Å². The van der Waals surface area contributed by atoms with E-state index in [1.807, 2.05) is 0 Å². The molecule has 1 rings (SSSR count). The molecule has 128 valence electrons. The summed E-state index contributed by atoms with van der Waals surface area (Å²) in [4.78, 5) is 23.2. The van der Waals surface area contributed by atoms with Gasteiger partial charge in [0.25, 0.3) is 0 Å². The number of rotatable bonds is 5. The molecule has 0 aliphatic rings. The van der Waals surface area contributed by atoms with Gasteiger partial charge in [0, 0.05) is 10.2 Å². The highest BCUT2D eigenvalue weighted by atomic mass is 79.9. The number of anilines is 1. The molecular formula is C15H20BrClN2O4. The second kappa shape index (κ2) is 7.88. The number of carboxylic acid groups (broad SMARTS) is 1. The summed E-state index contributed by atoms with van der Waals surface area (Å²) < 4.78 is 5.77. The molecule has 0 saturated heterocycles. The van der Waals surface area contributed by atoms with Gasteiger partial charge in [-0.2, -0.15) is 0 Å². The first-order chi connectivity index (χ1) is 10.5. The molecule has 0 aromatic heterocycles. The molecular weight excluding hydrogens is 388 g/mol. The maximum Gasteiger partial charge on any atom is 0.407 e. The van der Waals surface area contributed by atoms with Crippen LogP contribution in [-0.2, 0) is 9.53 Å². The maximum atomic E-state index is 11.8. The summed E-state index contributed by atoms with van der Waals surface area (Å²) in [5.41, 5.74) is -0.0942. The minimum atomic E-state index is -1.10. The number of ether oxygens (including phenoxy) is 1. The van der Waals surface area contributed by atoms with Crippen molar-refractivity contribution in [3.8, 4) is 0 Å². The molecule has 0 spiro atoms. The molecule has 2 unspecified atom stereocenters. The van der Waals surface area contributed by atoms with Crippen LogP contribution in [0, 0.1) is 0 Å². The van der Waals surface area contributed by atoms with E-state index in [4.69, 9.17) is 16.3 Å². The number of benzene rings is 1. The Kier molecular flexibility index (Phi) is 6.70. The summed E-state index contributed by atoms with van der Waals surface area (Å²) in [6.45, 7) is 6.78. The van der Waals surface area contributed by atoms with E-state index in [2.05, 4.69) is 26.6 Å². The average molecular weight is 408 g/mol. The van der Waals surface area contributed by atoms with Crippen molar-refractivity contribution in [3.63, 3.8) is 0 Å². The van der Waals surface area contributed by atoms with Crippen LogP contribution in [0.25, 0.3) is 0 Å². The smallest absolute Gasteiger partial charge is 0.407 e. The Bertz CT molecular complexity index is 589. The molecule has 0 aliphatic heterocycles. The van der Waals surface area contributed by atoms with Crippen LogP contribution in [0.1, 0.15) is 27.7 Å². The number of hydrogen-bond acceptors (Lipinski definition) is 4. The van der Waals surface area contributed by atoms with Crippen molar-refractivity contribution in [1.82, 2.24) is 5.32 Å². The van der Waals surface area contributed by atoms with Crippen molar-refractivity contribution in [2.45, 2.75) is 45.4 Å². The van der Waals surface area contributed by atoms with Gasteiger partial charge in [-0.1, -0.05) is 11.6 Å². The number of nitrogens with one attached hydrogen (secondary N) is 2. The Morgan fingerprint density at radius 2 is 1.96 bits per heavy atom. The zero-order chi connectivity index (χ0) is 17.8. The molecule has 8 heteroatoms. The molecule has 1 amide bonds. The SMILES string of the molecule is CC(NC(=O)OC(C)(C)C)C(Nc1ccc(Cl)c(Br)c1)C(=O)O. The molecule has 0 fully saturated rings. The normalized spacial score (nSPS) is 13.8. The molecule has 1 aromatic rings. The van der Waals surface area contributed by atoms with E-state index in [9.17, 15) is 14.7 Å². The predicted molar refractivity (Wildman–Crippen MR) is 93.0 cm³/mol. The van der Waals surface area contributed by atoms with Crippen LogP contribution in [0.4, 0.5) is 10.5 Å². The van der Waals surface area contributed by atoms with E-state index in [1.165, 1.54) is 0 Å². The lowest BCUT2D eigenvalue weighted by Gasteiger charge is -2.26. The van der Waals surface area contributed by atoms with Gasteiger partial charge in [0.1, 0.15) is 11.6 Å². The number of alkyl carbamates (subject to hydrolysis) is 1. The van der Waals surface area contributed by atoms with Crippen molar-refractivity contribution < 1.29 is 19.4 Å². The van der Waals surface area contributed by atoms with Crippen molar-refractivity contribution in [3.05, 3.63) is 27.7 Å². The number of carbonyl (C=O) groups is 2. The van der Waals surface area contributed by atoms with Gasteiger partial charge in [-0.3, -0.25) is 0 Å². The Balaban J connectivity index is 2.79. The molecule has 1 aromatic carbocycles. The third-order valence-corrected chi connectivity index (χ3v) is 3.97. The molecule has 3 N–H and O–H groups in total. The van der Waals surface area contributed by atoms with Crippen molar-refractivity contribution >= 4 is 45.3 Å². The zero-order valence-electron chi connectivity index (χ0n) is 13.3. The first-order valence-corrected chi connectivity index (χ1v) is 8.10. The highest BCUT2D eigenvalue weighted by molar-refractivity contribution is 9.10. The highest BCUT2D eigenvalue weighted by Crippen LogP contribution is 2.26. The van der Waals surface area contributed by atoms with Crippen LogP contribution < -0.4 is 10.6 Å². The fourth-order valence-corrected chi connectivity index (χ4v) is 2.24. The third kappa shape index (κ3) is 6.66. The number of hydrogen-bond donors (Lipinski definition) is 3. The quantitative estimate of drug-likeness (QED) is 0.689. The second-order valence-electron chi connectivity index (χ2n) is 6.02. The maximum absolute atomic E-state index is 11.8. The number of carbonyl (C=O) groups excluding carboxylic acids is 1. The van der Waals surface area contributed by atoms with E-state index in [0.717, 1.165) is 0 Å². The summed E-state index contributed by atoms with van der Waals surface area (Å²) in [5.74, 6) is -1.10. The van der Waals surface area contributed by atoms with E-state index in [0.29, 0.717) is 15.2 Å². The largest absolute Gasteiger partial charge is 0.480 e. The summed E-state index contributed by atoms with van der Waals surface area (Å²) in [7, 11) is 0. The lowest BCUT2D eigenvalue weighted by Crippen LogP contribution is -2.50. The van der Waals surface area contributed by atoms with E-state index >= 15 is 0 Å². The van der Waals surface area contributed by atoms with Gasteiger partial charge in [-0.05, 0) is 61.8 Å². The minimum absolute atomic E-state index is 0.516. The average Bonchev–Trinajstić information content (AvgIpc) is 2.37. The molecule has 0 bridgehead atoms. The van der Waals surface area contributed by atoms with Gasteiger partial charge in [0.05, 0.1) is 11.1 Å². The van der Waals surface area contributed by atoms with Crippen molar-refractivity contribution in [2.24, 2.45) is 0 Å². The summed E-state index contributed by atoms with van der Waals surface area (Å²) >= 11 is 9.18. The number of halogens is 2. The topological polar surface area (TPSA) is 87.7 Å². The Hall–Kier alpha value is -1.47. The van der Waals surface area contributed by atoms with Crippen LogP contribution in [-0.4, -0.2) is 34.9 Å². The fraction of sp³-hybridized carbons (Fsp3) is 0.467. The van der Waals surface area contributed by atoms with Crippen LogP contribution >= 0.6 is 27.5 Å². The van der Waals surface area contributed by atoms with E-state index in [1.54, 1.807) is 45.9 Å². The molecule has 0 saturated carbocycles. The summed E-state index contributed by atoms with van der Waals surface area (Å²) in [6.07, 6.45) is -0.671. The standard InChI is InChI=1S/C15H20BrClN2O4/c1-8(18-14(22)23-15(2,3)4)12(13(20)21)19-9-5-6-11(17)10(16)7-9/h5-8,12,19H,1-4H3,(H,18,22)(H,20,21). The van der Waals surface area contributed by atoms with Crippen LogP contribution in [0.3, 0.4) is 0 Å². The second-order valence-corrected chi connectivity index (χ2v) is 7.29. The Labute approximate surface area is 148 Å². The third-order valence-electron chi connectivity index (χ3n) is 2.75. The van der Waals surface area contributed by atoms with Crippen LogP contribution in [0.2, 0.25) is 5.02 Å². The number of aliphatic carboxylic acids is 1. The lowest BCUT2D eigenvalue weighted by molar-refractivity contribution is -0.138. The van der Waals surface area contributed by atoms with Crippen LogP contribution in [0.15, 0.2) is 22.7 Å². The van der Waals surface area contributed by atoms with Gasteiger partial charge in [-0.15, -0.1) is 0 Å². The summed E-state index contributed by atoms with van der Waals surface area (Å²) in [6, 6.07) is 3.23. The van der Waals surface area contributed by atoms with Crippen molar-refractivity contribution in [1.29, 1.82) is 0 Å². The predicted octanol–water partition coefficient (Wildman–Crippen LogP) is 3.88. The molecule has 2 atom stereocenters. The zero-order valence-corrected chi connectivity index (χ0v) is 15.7.